The molecule has 4 rings (SSSR count). The van der Waals surface area contributed by atoms with Gasteiger partial charge in [-0.15, -0.1) is 0 Å². The van der Waals surface area contributed by atoms with Crippen molar-refractivity contribution >= 4 is 16.7 Å². The van der Waals surface area contributed by atoms with Crippen LogP contribution < -0.4 is 5.73 Å². The molecule has 0 saturated carbocycles. The summed E-state index contributed by atoms with van der Waals surface area (Å²) in [6, 6.07) is 9.72. The monoisotopic (exact) mass is 302 g/mol. The van der Waals surface area contributed by atoms with Crippen LogP contribution in [0.3, 0.4) is 0 Å². The van der Waals surface area contributed by atoms with Crippen molar-refractivity contribution in [3.8, 4) is 22.6 Å². The van der Waals surface area contributed by atoms with E-state index in [-0.39, 0.29) is 0 Å². The maximum absolute atomic E-state index is 5.92. The van der Waals surface area contributed by atoms with Gasteiger partial charge < -0.3 is 5.73 Å². The quantitative estimate of drug-likeness (QED) is 0.593. The molecule has 0 aliphatic heterocycles. The van der Waals surface area contributed by atoms with Crippen LogP contribution in [-0.4, -0.2) is 25.1 Å². The molecule has 112 valence electrons. The third kappa shape index (κ3) is 2.30. The van der Waals surface area contributed by atoms with E-state index in [1.807, 2.05) is 37.3 Å². The Bertz CT molecular complexity index is 991. The number of anilines is 1. The van der Waals surface area contributed by atoms with Crippen molar-refractivity contribution in [2.75, 3.05) is 5.73 Å². The number of nitrogens with one attached hydrogen (secondary N) is 1. The molecule has 23 heavy (non-hydrogen) atoms. The van der Waals surface area contributed by atoms with E-state index in [1.54, 1.807) is 18.6 Å². The number of aromatic nitrogens is 5. The number of hydrogen-bond donors (Lipinski definition) is 2. The summed E-state index contributed by atoms with van der Waals surface area (Å²) >= 11 is 0. The second kappa shape index (κ2) is 5.17. The van der Waals surface area contributed by atoms with Crippen LogP contribution in [-0.2, 0) is 0 Å². The van der Waals surface area contributed by atoms with Gasteiger partial charge in [0.2, 0.25) is 0 Å². The number of rotatable bonds is 2. The molecule has 0 atom stereocenters. The number of fused-ring (bicyclic) bond motifs is 1. The van der Waals surface area contributed by atoms with Crippen molar-refractivity contribution in [2.45, 2.75) is 6.92 Å². The lowest BCUT2D eigenvalue weighted by Crippen LogP contribution is -1.95. The zero-order valence-electron chi connectivity index (χ0n) is 12.5. The largest absolute Gasteiger partial charge is 0.383 e. The standard InChI is InChI=1S/C17H14N6/c1-10-4-5-13(21-17(10)18)16-12-7-14(11-3-2-6-19-8-11)20-9-15(12)22-23-16/h2-9H,1H3,(H2,18,21)(H,22,23). The van der Waals surface area contributed by atoms with E-state index in [1.165, 1.54) is 0 Å². The van der Waals surface area contributed by atoms with Gasteiger partial charge in [-0.05, 0) is 36.8 Å². The first-order chi connectivity index (χ1) is 11.2. The predicted molar refractivity (Wildman–Crippen MR) is 89.5 cm³/mol. The van der Waals surface area contributed by atoms with E-state index < -0.39 is 0 Å². The molecule has 0 radical (unpaired) electrons. The molecular formula is C17H14N6. The molecule has 0 spiro atoms. The van der Waals surface area contributed by atoms with Gasteiger partial charge in [0.05, 0.1) is 23.1 Å². The van der Waals surface area contributed by atoms with Crippen molar-refractivity contribution in [3.63, 3.8) is 0 Å². The third-order valence-electron chi connectivity index (χ3n) is 3.78. The van der Waals surface area contributed by atoms with E-state index in [4.69, 9.17) is 5.73 Å². The molecule has 0 fully saturated rings. The molecule has 0 aromatic carbocycles. The molecule has 0 unspecified atom stereocenters. The van der Waals surface area contributed by atoms with Crippen molar-refractivity contribution < 1.29 is 0 Å². The smallest absolute Gasteiger partial charge is 0.127 e. The second-order valence-corrected chi connectivity index (χ2v) is 5.33. The highest BCUT2D eigenvalue weighted by molar-refractivity contribution is 5.93. The van der Waals surface area contributed by atoms with Crippen molar-refractivity contribution in [1.29, 1.82) is 0 Å². The highest BCUT2D eigenvalue weighted by Gasteiger charge is 2.12. The molecule has 4 heterocycles. The highest BCUT2D eigenvalue weighted by Crippen LogP contribution is 2.28. The number of hydrogen-bond acceptors (Lipinski definition) is 5. The summed E-state index contributed by atoms with van der Waals surface area (Å²) in [6.07, 6.45) is 5.30. The van der Waals surface area contributed by atoms with Gasteiger partial charge in [-0.1, -0.05) is 6.07 Å². The van der Waals surface area contributed by atoms with Crippen LogP contribution in [0, 0.1) is 6.92 Å². The zero-order chi connectivity index (χ0) is 15.8. The fraction of sp³-hybridized carbons (Fsp3) is 0.0588. The Balaban J connectivity index is 1.89. The number of aryl methyl sites for hydroxylation is 1. The summed E-state index contributed by atoms with van der Waals surface area (Å²) in [6.45, 7) is 1.93. The first-order valence-corrected chi connectivity index (χ1v) is 7.20. The molecule has 0 amide bonds. The van der Waals surface area contributed by atoms with E-state index in [9.17, 15) is 0 Å². The van der Waals surface area contributed by atoms with Gasteiger partial charge in [-0.25, -0.2) is 4.98 Å². The Morgan fingerprint density at radius 3 is 2.78 bits per heavy atom. The minimum absolute atomic E-state index is 0.514. The molecular weight excluding hydrogens is 288 g/mol. The van der Waals surface area contributed by atoms with Gasteiger partial charge in [0.1, 0.15) is 11.5 Å². The summed E-state index contributed by atoms with van der Waals surface area (Å²) in [4.78, 5) is 13.0. The molecule has 4 aromatic rings. The lowest BCUT2D eigenvalue weighted by molar-refractivity contribution is 1.11. The number of H-pyrrole nitrogens is 1. The normalized spacial score (nSPS) is 11.0. The molecule has 0 aliphatic carbocycles. The molecule has 0 aliphatic rings. The fourth-order valence-electron chi connectivity index (χ4n) is 2.46. The first kappa shape index (κ1) is 13.4. The van der Waals surface area contributed by atoms with Crippen molar-refractivity contribution in [3.05, 3.63) is 54.5 Å². The van der Waals surface area contributed by atoms with Gasteiger partial charge in [0.25, 0.3) is 0 Å². The topological polar surface area (TPSA) is 93.4 Å². The van der Waals surface area contributed by atoms with Crippen molar-refractivity contribution in [2.24, 2.45) is 0 Å². The van der Waals surface area contributed by atoms with E-state index in [0.29, 0.717) is 5.82 Å². The number of nitrogens with zero attached hydrogens (tertiary/aromatic N) is 4. The van der Waals surface area contributed by atoms with E-state index in [2.05, 4.69) is 25.1 Å². The Morgan fingerprint density at radius 2 is 2.00 bits per heavy atom. The molecule has 4 aromatic heterocycles. The average Bonchev–Trinajstić information content (AvgIpc) is 3.01. The number of nitrogen functional groups attached to an aromatic ring is 1. The van der Waals surface area contributed by atoms with Gasteiger partial charge in [-0.2, -0.15) is 5.10 Å². The maximum Gasteiger partial charge on any atom is 0.127 e. The molecule has 6 heteroatoms. The Morgan fingerprint density at radius 1 is 1.09 bits per heavy atom. The molecule has 0 bridgehead atoms. The molecule has 3 N–H and O–H groups in total. The lowest BCUT2D eigenvalue weighted by atomic mass is 10.1. The summed E-state index contributed by atoms with van der Waals surface area (Å²) < 4.78 is 0. The summed E-state index contributed by atoms with van der Waals surface area (Å²) in [5, 5.41) is 8.32. The Kier molecular flexibility index (Phi) is 3.01. The Labute approximate surface area is 132 Å². The lowest BCUT2D eigenvalue weighted by Gasteiger charge is -2.03. The minimum Gasteiger partial charge on any atom is -0.383 e. The first-order valence-electron chi connectivity index (χ1n) is 7.20. The van der Waals surface area contributed by atoms with Crippen LogP contribution in [0.2, 0.25) is 0 Å². The molecule has 0 saturated heterocycles. The number of aromatic amines is 1. The fourth-order valence-corrected chi connectivity index (χ4v) is 2.46. The number of nitrogens with two attached hydrogens (primary N) is 1. The number of pyridine rings is 3. The van der Waals surface area contributed by atoms with Gasteiger partial charge >= 0.3 is 0 Å². The van der Waals surface area contributed by atoms with Gasteiger partial charge in [-0.3, -0.25) is 15.1 Å². The van der Waals surface area contributed by atoms with Crippen LogP contribution in [0.4, 0.5) is 5.82 Å². The SMILES string of the molecule is Cc1ccc(-c2n[nH]c3cnc(-c4cccnc4)cc23)nc1N. The second-order valence-electron chi connectivity index (χ2n) is 5.33. The average molecular weight is 302 g/mol. The highest BCUT2D eigenvalue weighted by atomic mass is 15.1. The van der Waals surface area contributed by atoms with Crippen LogP contribution >= 0.6 is 0 Å². The van der Waals surface area contributed by atoms with Crippen LogP contribution in [0.5, 0.6) is 0 Å². The van der Waals surface area contributed by atoms with Crippen LogP contribution in [0.1, 0.15) is 5.56 Å². The molecule has 6 nitrogen and oxygen atoms in total. The van der Waals surface area contributed by atoms with Gasteiger partial charge in [0.15, 0.2) is 0 Å². The van der Waals surface area contributed by atoms with Crippen LogP contribution in [0.25, 0.3) is 33.5 Å². The maximum atomic E-state index is 5.92. The third-order valence-corrected chi connectivity index (χ3v) is 3.78. The van der Waals surface area contributed by atoms with E-state index >= 15 is 0 Å². The summed E-state index contributed by atoms with van der Waals surface area (Å²) in [5.41, 5.74) is 11.0. The zero-order valence-corrected chi connectivity index (χ0v) is 12.5. The summed E-state index contributed by atoms with van der Waals surface area (Å²) in [5.74, 6) is 0.514. The Hall–Kier alpha value is -3.28. The van der Waals surface area contributed by atoms with E-state index in [0.717, 1.165) is 39.1 Å². The predicted octanol–water partition coefficient (Wildman–Crippen LogP) is 2.97. The summed E-state index contributed by atoms with van der Waals surface area (Å²) in [7, 11) is 0. The minimum atomic E-state index is 0.514. The van der Waals surface area contributed by atoms with Crippen molar-refractivity contribution in [1.82, 2.24) is 25.1 Å². The van der Waals surface area contributed by atoms with Crippen LogP contribution in [0.15, 0.2) is 48.9 Å². The van der Waals surface area contributed by atoms with Gasteiger partial charge in [0, 0.05) is 23.3 Å².